The zero-order valence-electron chi connectivity index (χ0n) is 18.0. The van der Waals surface area contributed by atoms with Crippen LogP contribution in [-0.2, 0) is 10.4 Å². The average molecular weight is 488 g/mol. The summed E-state index contributed by atoms with van der Waals surface area (Å²) in [7, 11) is 0. The van der Waals surface area contributed by atoms with Gasteiger partial charge in [0.25, 0.3) is 0 Å². The molecule has 0 spiro atoms. The minimum Gasteiger partial charge on any atom is -0.434 e. The first-order valence-electron chi connectivity index (χ1n) is 10.8. The van der Waals surface area contributed by atoms with Crippen molar-refractivity contribution in [1.82, 2.24) is 19.5 Å². The van der Waals surface area contributed by atoms with Crippen LogP contribution in [0, 0.1) is 5.82 Å². The molecule has 0 bridgehead atoms. The summed E-state index contributed by atoms with van der Waals surface area (Å²) in [4.78, 5) is 12.3. The smallest absolute Gasteiger partial charge is 0.387 e. The van der Waals surface area contributed by atoms with Gasteiger partial charge in [-0.3, -0.25) is 0 Å². The van der Waals surface area contributed by atoms with Crippen LogP contribution in [0.4, 0.5) is 22.0 Å². The van der Waals surface area contributed by atoms with E-state index in [1.54, 1.807) is 22.8 Å². The van der Waals surface area contributed by atoms with Crippen molar-refractivity contribution in [3.63, 3.8) is 0 Å². The van der Waals surface area contributed by atoms with E-state index in [1.807, 2.05) is 0 Å². The summed E-state index contributed by atoms with van der Waals surface area (Å²) in [5, 5.41) is 0. The Labute approximate surface area is 195 Å². The predicted molar refractivity (Wildman–Crippen MR) is 114 cm³/mol. The maximum Gasteiger partial charge on any atom is 0.387 e. The molecule has 0 N–H and O–H groups in total. The van der Waals surface area contributed by atoms with Gasteiger partial charge in [0.15, 0.2) is 12.0 Å². The minimum absolute atomic E-state index is 0.0347. The van der Waals surface area contributed by atoms with Gasteiger partial charge >= 0.3 is 6.61 Å². The number of benzene rings is 2. The molecule has 0 radical (unpaired) electrons. The second kappa shape index (κ2) is 7.98. The van der Waals surface area contributed by atoms with Gasteiger partial charge in [-0.15, -0.1) is 0 Å². The molecule has 4 heterocycles. The molecule has 0 amide bonds. The van der Waals surface area contributed by atoms with Gasteiger partial charge in [-0.25, -0.2) is 28.1 Å². The van der Waals surface area contributed by atoms with Gasteiger partial charge in [-0.05, 0) is 12.1 Å². The zero-order valence-corrected chi connectivity index (χ0v) is 18.0. The van der Waals surface area contributed by atoms with Crippen LogP contribution in [0.3, 0.4) is 0 Å². The van der Waals surface area contributed by atoms with Gasteiger partial charge in [-0.2, -0.15) is 8.78 Å². The Morgan fingerprint density at radius 1 is 1.11 bits per heavy atom. The monoisotopic (exact) mass is 488 g/mol. The van der Waals surface area contributed by atoms with Crippen molar-refractivity contribution >= 4 is 11.0 Å². The van der Waals surface area contributed by atoms with E-state index in [0.29, 0.717) is 16.6 Å². The van der Waals surface area contributed by atoms with E-state index in [4.69, 9.17) is 4.74 Å². The van der Waals surface area contributed by atoms with Crippen LogP contribution in [0.1, 0.15) is 35.8 Å². The fourth-order valence-corrected chi connectivity index (χ4v) is 4.65. The molecule has 6 nitrogen and oxygen atoms in total. The minimum atomic E-state index is -3.05. The molecular formula is C24H17F5N4O2. The molecule has 0 saturated carbocycles. The largest absolute Gasteiger partial charge is 0.434 e. The molecule has 2 atom stereocenters. The summed E-state index contributed by atoms with van der Waals surface area (Å²) in [6.07, 6.45) is 1.11. The molecule has 4 aromatic rings. The summed E-state index contributed by atoms with van der Waals surface area (Å²) in [5.41, 5.74) is -0.366. The van der Waals surface area contributed by atoms with E-state index < -0.39 is 30.3 Å². The van der Waals surface area contributed by atoms with Crippen molar-refractivity contribution in [1.29, 1.82) is 0 Å². The second-order valence-electron chi connectivity index (χ2n) is 8.55. The summed E-state index contributed by atoms with van der Waals surface area (Å²) >= 11 is 0. The van der Waals surface area contributed by atoms with Crippen molar-refractivity contribution in [3.8, 4) is 16.9 Å². The first kappa shape index (κ1) is 21.9. The highest BCUT2D eigenvalue weighted by atomic mass is 19.3. The van der Waals surface area contributed by atoms with E-state index in [0.717, 1.165) is 0 Å². The van der Waals surface area contributed by atoms with Gasteiger partial charge in [0, 0.05) is 41.6 Å². The fraction of sp³-hybridized carbons (Fsp3) is 0.292. The zero-order chi connectivity index (χ0) is 24.3. The van der Waals surface area contributed by atoms with Crippen LogP contribution in [-0.4, -0.2) is 39.3 Å². The first-order chi connectivity index (χ1) is 16.8. The van der Waals surface area contributed by atoms with Gasteiger partial charge in [0.1, 0.15) is 17.4 Å². The number of alkyl halides is 4. The Morgan fingerprint density at radius 3 is 2.54 bits per heavy atom. The van der Waals surface area contributed by atoms with Crippen molar-refractivity contribution in [2.24, 2.45) is 0 Å². The lowest BCUT2D eigenvalue weighted by atomic mass is 10.0. The highest BCUT2D eigenvalue weighted by Crippen LogP contribution is 2.46. The van der Waals surface area contributed by atoms with Crippen molar-refractivity contribution < 1.29 is 31.4 Å². The number of fused-ring (bicyclic) bond motifs is 3. The Kier molecular flexibility index (Phi) is 4.99. The Hall–Kier alpha value is -3.60. The molecule has 35 heavy (non-hydrogen) atoms. The highest BCUT2D eigenvalue weighted by molar-refractivity contribution is 5.83. The first-order valence-corrected chi connectivity index (χ1v) is 10.8. The molecule has 1 saturated heterocycles. The normalized spacial score (nSPS) is 20.7. The van der Waals surface area contributed by atoms with Gasteiger partial charge < -0.3 is 14.0 Å². The molecule has 180 valence electrons. The van der Waals surface area contributed by atoms with Crippen molar-refractivity contribution in [3.05, 3.63) is 71.8 Å². The van der Waals surface area contributed by atoms with Crippen molar-refractivity contribution in [2.45, 2.75) is 30.9 Å². The van der Waals surface area contributed by atoms with Crippen molar-refractivity contribution in [2.75, 3.05) is 13.2 Å². The molecule has 1 unspecified atom stereocenters. The van der Waals surface area contributed by atoms with E-state index >= 15 is 4.39 Å². The lowest BCUT2D eigenvalue weighted by Gasteiger charge is -2.31. The molecule has 2 aromatic carbocycles. The average Bonchev–Trinajstić information content (AvgIpc) is 3.34. The molecule has 2 aliphatic heterocycles. The Morgan fingerprint density at radius 2 is 1.86 bits per heavy atom. The number of para-hydroxylation sites is 1. The molecule has 2 aliphatic rings. The molecule has 6 rings (SSSR count). The lowest BCUT2D eigenvalue weighted by Crippen LogP contribution is -2.43. The van der Waals surface area contributed by atoms with Gasteiger partial charge in [0.2, 0.25) is 5.67 Å². The maximum absolute atomic E-state index is 15.0. The number of aromatic nitrogens is 4. The number of halogens is 5. The predicted octanol–water partition coefficient (Wildman–Crippen LogP) is 5.43. The fourth-order valence-electron chi connectivity index (χ4n) is 4.65. The third kappa shape index (κ3) is 3.53. The number of rotatable bonds is 5. The maximum atomic E-state index is 15.0. The number of nitrogens with zero attached hydrogens (tertiary/aromatic N) is 4. The third-order valence-corrected chi connectivity index (χ3v) is 6.35. The lowest BCUT2D eigenvalue weighted by molar-refractivity contribution is -0.140. The van der Waals surface area contributed by atoms with Crippen LogP contribution in [0.2, 0.25) is 0 Å². The molecule has 2 aromatic heterocycles. The van der Waals surface area contributed by atoms with Crippen LogP contribution in [0.15, 0.2) is 48.8 Å². The summed E-state index contributed by atoms with van der Waals surface area (Å²) in [6, 6.07) is 8.13. The molecule has 0 aliphatic carbocycles. The third-order valence-electron chi connectivity index (χ3n) is 6.35. The van der Waals surface area contributed by atoms with E-state index in [9.17, 15) is 17.6 Å². The van der Waals surface area contributed by atoms with Crippen LogP contribution < -0.4 is 4.74 Å². The van der Waals surface area contributed by atoms with Gasteiger partial charge in [0.05, 0.1) is 30.3 Å². The molecule has 11 heteroatoms. The topological polar surface area (TPSA) is 62.1 Å². The second-order valence-corrected chi connectivity index (χ2v) is 8.55. The Balaban J connectivity index is 1.45. The summed E-state index contributed by atoms with van der Waals surface area (Å²) in [6.45, 7) is -3.33. The van der Waals surface area contributed by atoms with E-state index in [1.165, 1.54) is 30.6 Å². The number of hydrogen-bond acceptors (Lipinski definition) is 5. The van der Waals surface area contributed by atoms with E-state index in [-0.39, 0.29) is 48.1 Å². The molecule has 1 fully saturated rings. The summed E-state index contributed by atoms with van der Waals surface area (Å²) < 4.78 is 81.5. The SMILES string of the molecule is Fc1cc2nc3n(c2cc1-c1cnc(C2(F)COC2)nc1)C(c1ccccc1OC(F)F)C[C@@H]3F. The van der Waals surface area contributed by atoms with Crippen LogP contribution in [0.5, 0.6) is 5.75 Å². The van der Waals surface area contributed by atoms with Crippen LogP contribution in [0.25, 0.3) is 22.2 Å². The van der Waals surface area contributed by atoms with Gasteiger partial charge in [-0.1, -0.05) is 18.2 Å². The van der Waals surface area contributed by atoms with Crippen LogP contribution >= 0.6 is 0 Å². The summed E-state index contributed by atoms with van der Waals surface area (Å²) in [5.74, 6) is -0.679. The van der Waals surface area contributed by atoms with E-state index in [2.05, 4.69) is 19.7 Å². The number of ether oxygens (including phenoxy) is 2. The number of imidazole rings is 1. The number of hydrogen-bond donors (Lipinski definition) is 0. The quantitative estimate of drug-likeness (QED) is 0.351. The molecular weight excluding hydrogens is 471 g/mol. The standard InChI is InChI=1S/C24H17F5N4O2/c25-15-6-17-19(5-14(15)12-8-30-22(31-9-12)24(29)10-34-11-24)33-18(7-16(26)21(33)32-17)13-3-1-2-4-20(13)35-23(27)28/h1-6,8-9,16,18,23H,7,10-11H2/t16-,18?/m0/s1. The highest BCUT2D eigenvalue weighted by Gasteiger charge is 2.43. The Bertz CT molecular complexity index is 1420.